The molecule has 1 fully saturated rings. The Balaban J connectivity index is 2.59. The number of anilines is 1. The monoisotopic (exact) mass is 293 g/mol. The average molecular weight is 293 g/mol. The van der Waals surface area contributed by atoms with Gasteiger partial charge < -0.3 is 15.7 Å². The molecule has 1 aromatic rings. The number of hydrogen-bond acceptors (Lipinski definition) is 5. The third kappa shape index (κ3) is 2.64. The van der Waals surface area contributed by atoms with Gasteiger partial charge in [-0.3, -0.25) is 14.9 Å². The Hall–Kier alpha value is -2.64. The molecule has 1 atom stereocenters. The summed E-state index contributed by atoms with van der Waals surface area (Å²) < 4.78 is 0. The number of hydrogen-bond donors (Lipinski definition) is 2. The van der Waals surface area contributed by atoms with Crippen molar-refractivity contribution < 1.29 is 19.6 Å². The third-order valence-electron chi connectivity index (χ3n) is 3.69. The lowest BCUT2D eigenvalue weighted by Crippen LogP contribution is -2.40. The number of carbonyl (C=O) groups excluding carboxylic acids is 1. The number of carbonyl (C=O) groups is 2. The molecule has 1 aliphatic heterocycles. The summed E-state index contributed by atoms with van der Waals surface area (Å²) in [5.74, 6) is -1.77. The first-order valence-corrected chi connectivity index (χ1v) is 6.41. The second-order valence-electron chi connectivity index (χ2n) is 4.96. The van der Waals surface area contributed by atoms with Crippen LogP contribution in [0.4, 0.5) is 11.4 Å². The lowest BCUT2D eigenvalue weighted by molar-refractivity contribution is -0.385. The summed E-state index contributed by atoms with van der Waals surface area (Å²) in [5.41, 5.74) is 5.59. The molecule has 0 radical (unpaired) electrons. The fraction of sp³-hybridized carbons (Fsp3) is 0.385. The van der Waals surface area contributed by atoms with E-state index in [1.54, 1.807) is 4.90 Å². The zero-order valence-corrected chi connectivity index (χ0v) is 11.4. The maximum Gasteiger partial charge on any atom is 0.336 e. The van der Waals surface area contributed by atoms with E-state index in [-0.39, 0.29) is 11.3 Å². The Bertz CT molecular complexity index is 628. The zero-order valence-electron chi connectivity index (χ0n) is 11.4. The first-order chi connectivity index (χ1) is 9.82. The lowest BCUT2D eigenvalue weighted by atomic mass is 10.1. The molecule has 0 aliphatic carbocycles. The molecule has 8 heteroatoms. The van der Waals surface area contributed by atoms with Gasteiger partial charge in [0.15, 0.2) is 0 Å². The Morgan fingerprint density at radius 2 is 2.14 bits per heavy atom. The van der Waals surface area contributed by atoms with Crippen LogP contribution in [0.2, 0.25) is 0 Å². The van der Waals surface area contributed by atoms with Crippen LogP contribution >= 0.6 is 0 Å². The molecule has 21 heavy (non-hydrogen) atoms. The van der Waals surface area contributed by atoms with Crippen molar-refractivity contribution in [1.29, 1.82) is 0 Å². The summed E-state index contributed by atoms with van der Waals surface area (Å²) in [6.45, 7) is 2.05. The molecule has 0 saturated carbocycles. The van der Waals surface area contributed by atoms with Crippen LogP contribution < -0.4 is 10.6 Å². The summed E-state index contributed by atoms with van der Waals surface area (Å²) in [7, 11) is 0. The topological polar surface area (TPSA) is 127 Å². The molecule has 1 aromatic carbocycles. The van der Waals surface area contributed by atoms with Crippen LogP contribution in [-0.4, -0.2) is 34.5 Å². The summed E-state index contributed by atoms with van der Waals surface area (Å²) >= 11 is 0. The van der Waals surface area contributed by atoms with Crippen LogP contribution in [0.25, 0.3) is 0 Å². The summed E-state index contributed by atoms with van der Waals surface area (Å²) in [5, 5.41) is 20.2. The maximum atomic E-state index is 11.5. The number of primary amides is 1. The first-order valence-electron chi connectivity index (χ1n) is 6.41. The predicted molar refractivity (Wildman–Crippen MR) is 74.4 cm³/mol. The van der Waals surface area contributed by atoms with E-state index >= 15 is 0 Å². The molecule has 0 bridgehead atoms. The van der Waals surface area contributed by atoms with Crippen molar-refractivity contribution in [2.45, 2.75) is 25.8 Å². The highest BCUT2D eigenvalue weighted by Gasteiger charge is 2.32. The molecule has 1 unspecified atom stereocenters. The third-order valence-corrected chi connectivity index (χ3v) is 3.69. The Morgan fingerprint density at radius 1 is 1.48 bits per heavy atom. The quantitative estimate of drug-likeness (QED) is 0.631. The molecule has 1 aliphatic rings. The molecule has 1 saturated heterocycles. The maximum absolute atomic E-state index is 11.5. The standard InChI is InChI=1S/C13H15N3O5/c1-7-10(15-4-2-3-9(15)12(14)17)5-8(13(18)19)6-11(7)16(20)21/h5-6,9H,2-4H2,1H3,(H2,14,17)(H,18,19). The second-order valence-corrected chi connectivity index (χ2v) is 4.96. The smallest absolute Gasteiger partial charge is 0.336 e. The number of nitrogens with zero attached hydrogens (tertiary/aromatic N) is 2. The number of rotatable bonds is 4. The van der Waals surface area contributed by atoms with Gasteiger partial charge >= 0.3 is 5.97 Å². The Morgan fingerprint density at radius 3 is 2.67 bits per heavy atom. The van der Waals surface area contributed by atoms with Gasteiger partial charge in [-0.2, -0.15) is 0 Å². The van der Waals surface area contributed by atoms with Crippen LogP contribution in [0.15, 0.2) is 12.1 Å². The van der Waals surface area contributed by atoms with Gasteiger partial charge in [0.25, 0.3) is 5.69 Å². The number of amides is 1. The molecule has 8 nitrogen and oxygen atoms in total. The van der Waals surface area contributed by atoms with Crippen molar-refractivity contribution in [3.63, 3.8) is 0 Å². The largest absolute Gasteiger partial charge is 0.478 e. The van der Waals surface area contributed by atoms with E-state index in [2.05, 4.69) is 0 Å². The second kappa shape index (κ2) is 5.39. The van der Waals surface area contributed by atoms with Gasteiger partial charge in [-0.1, -0.05) is 0 Å². The molecule has 1 heterocycles. The number of nitrogens with two attached hydrogens (primary N) is 1. The van der Waals surface area contributed by atoms with Gasteiger partial charge in [0.05, 0.1) is 16.1 Å². The van der Waals surface area contributed by atoms with Crippen LogP contribution in [0.5, 0.6) is 0 Å². The first kappa shape index (κ1) is 14.8. The number of aromatic carboxylic acids is 1. The van der Waals surface area contributed by atoms with Crippen molar-refractivity contribution in [2.75, 3.05) is 11.4 Å². The molecular formula is C13H15N3O5. The molecular weight excluding hydrogens is 278 g/mol. The van der Waals surface area contributed by atoms with Gasteiger partial charge in [-0.15, -0.1) is 0 Å². The minimum Gasteiger partial charge on any atom is -0.478 e. The van der Waals surface area contributed by atoms with Crippen molar-refractivity contribution in [3.05, 3.63) is 33.4 Å². The van der Waals surface area contributed by atoms with Crippen LogP contribution in [0, 0.1) is 17.0 Å². The summed E-state index contributed by atoms with van der Waals surface area (Å²) in [6, 6.07) is 1.81. The molecule has 2 rings (SSSR count). The number of benzene rings is 1. The van der Waals surface area contributed by atoms with Crippen LogP contribution in [-0.2, 0) is 4.79 Å². The van der Waals surface area contributed by atoms with Crippen molar-refractivity contribution in [1.82, 2.24) is 0 Å². The van der Waals surface area contributed by atoms with Gasteiger partial charge in [0.2, 0.25) is 5.91 Å². The van der Waals surface area contributed by atoms with Gasteiger partial charge in [-0.05, 0) is 25.8 Å². The van der Waals surface area contributed by atoms with E-state index in [0.717, 1.165) is 12.5 Å². The summed E-state index contributed by atoms with van der Waals surface area (Å²) in [4.78, 5) is 34.7. The highest BCUT2D eigenvalue weighted by atomic mass is 16.6. The normalized spacial score (nSPS) is 17.8. The van der Waals surface area contributed by atoms with Crippen LogP contribution in [0.3, 0.4) is 0 Å². The van der Waals surface area contributed by atoms with Crippen LogP contribution in [0.1, 0.15) is 28.8 Å². The zero-order chi connectivity index (χ0) is 15.7. The average Bonchev–Trinajstić information content (AvgIpc) is 2.87. The summed E-state index contributed by atoms with van der Waals surface area (Å²) in [6.07, 6.45) is 1.28. The molecule has 0 spiro atoms. The molecule has 1 amide bonds. The highest BCUT2D eigenvalue weighted by Crippen LogP contribution is 2.34. The van der Waals surface area contributed by atoms with Gasteiger partial charge in [0.1, 0.15) is 6.04 Å². The number of carboxylic acids is 1. The minimum atomic E-state index is -1.26. The van der Waals surface area contributed by atoms with E-state index in [1.165, 1.54) is 13.0 Å². The van der Waals surface area contributed by atoms with Gasteiger partial charge in [0, 0.05) is 18.3 Å². The predicted octanol–water partition coefficient (Wildman–Crippen LogP) is 1.06. The fourth-order valence-corrected chi connectivity index (χ4v) is 2.65. The van der Waals surface area contributed by atoms with Crippen molar-refractivity contribution in [3.8, 4) is 0 Å². The number of nitro groups is 1. The lowest BCUT2D eigenvalue weighted by Gasteiger charge is -2.26. The SMILES string of the molecule is Cc1c(N2CCCC2C(N)=O)cc(C(=O)O)cc1[N+](=O)[O-]. The highest BCUT2D eigenvalue weighted by molar-refractivity contribution is 5.92. The van der Waals surface area contributed by atoms with Gasteiger partial charge in [-0.25, -0.2) is 4.79 Å². The molecule has 112 valence electrons. The van der Waals surface area contributed by atoms with E-state index in [9.17, 15) is 19.7 Å². The molecule has 0 aromatic heterocycles. The van der Waals surface area contributed by atoms with Crippen molar-refractivity contribution >= 4 is 23.3 Å². The Kier molecular flexibility index (Phi) is 3.79. The minimum absolute atomic E-state index is 0.183. The van der Waals surface area contributed by atoms with E-state index < -0.39 is 22.8 Å². The van der Waals surface area contributed by atoms with E-state index in [1.807, 2.05) is 0 Å². The fourth-order valence-electron chi connectivity index (χ4n) is 2.65. The molecule has 3 N–H and O–H groups in total. The Labute approximate surface area is 120 Å². The van der Waals surface area contributed by atoms with E-state index in [4.69, 9.17) is 10.8 Å². The number of carboxylic acid groups (broad SMARTS) is 1. The van der Waals surface area contributed by atoms with Crippen molar-refractivity contribution in [2.24, 2.45) is 5.73 Å². The van der Waals surface area contributed by atoms with E-state index in [0.29, 0.717) is 24.2 Å². The number of nitro benzene ring substituents is 1.